The van der Waals surface area contributed by atoms with Crippen LogP contribution in [0, 0.1) is 0 Å². The van der Waals surface area contributed by atoms with Crippen molar-refractivity contribution >= 4 is 41.0 Å². The van der Waals surface area contributed by atoms with Crippen molar-refractivity contribution in [1.82, 2.24) is 0 Å². The molecule has 9 heavy (non-hydrogen) atoms. The van der Waals surface area contributed by atoms with Crippen LogP contribution >= 0.6 is 29.2 Å². The number of unbranched alkanes of at least 4 members (excludes halogenated alkanes) is 1. The number of thiol groups is 2. The molecule has 0 bridgehead atoms. The quantitative estimate of drug-likeness (QED) is 0.412. The van der Waals surface area contributed by atoms with Crippen molar-refractivity contribution in [2.45, 2.75) is 19.8 Å². The maximum Gasteiger partial charge on any atom is 0.168 e. The standard InChI is InChI=1S/C4H11OPS3/c1-2-3-4-5-6(7,8)9/h2-4H2,1H3,(H2,7,8,9). The van der Waals surface area contributed by atoms with Crippen LogP contribution in [0.4, 0.5) is 0 Å². The van der Waals surface area contributed by atoms with Crippen molar-refractivity contribution in [1.29, 1.82) is 0 Å². The molecule has 0 saturated carbocycles. The largest absolute Gasteiger partial charge is 0.334 e. The van der Waals surface area contributed by atoms with Crippen LogP contribution in [0.15, 0.2) is 0 Å². The van der Waals surface area contributed by atoms with Gasteiger partial charge in [-0.3, -0.25) is 0 Å². The molecule has 0 aliphatic heterocycles. The van der Waals surface area contributed by atoms with Crippen molar-refractivity contribution < 1.29 is 4.52 Å². The summed E-state index contributed by atoms with van der Waals surface area (Å²) in [5, 5.41) is 0. The van der Waals surface area contributed by atoms with E-state index >= 15 is 0 Å². The number of rotatable bonds is 4. The smallest absolute Gasteiger partial charge is 0.168 e. The summed E-state index contributed by atoms with van der Waals surface area (Å²) in [5.74, 6) is 0. The highest BCUT2D eigenvalue weighted by Crippen LogP contribution is 2.56. The summed E-state index contributed by atoms with van der Waals surface area (Å²) in [7, 11) is 0. The molecule has 0 rings (SSSR count). The van der Waals surface area contributed by atoms with Crippen LogP contribution in [0.1, 0.15) is 19.8 Å². The monoisotopic (exact) mass is 202 g/mol. The summed E-state index contributed by atoms with van der Waals surface area (Å²) in [6.45, 7) is 2.80. The first-order valence-corrected chi connectivity index (χ1v) is 7.79. The third-order valence-corrected chi connectivity index (χ3v) is 2.29. The summed E-state index contributed by atoms with van der Waals surface area (Å²) >= 11 is 12.8. The van der Waals surface area contributed by atoms with Crippen LogP contribution < -0.4 is 0 Å². The Morgan fingerprint density at radius 1 is 1.56 bits per heavy atom. The highest BCUT2D eigenvalue weighted by Gasteiger charge is 2.01. The molecule has 56 valence electrons. The Morgan fingerprint density at radius 2 is 2.11 bits per heavy atom. The van der Waals surface area contributed by atoms with Gasteiger partial charge in [0.05, 0.1) is 6.61 Å². The molecule has 0 aromatic carbocycles. The van der Waals surface area contributed by atoms with E-state index < -0.39 is 4.67 Å². The van der Waals surface area contributed by atoms with E-state index in [1.165, 1.54) is 0 Å². The molecule has 0 aromatic rings. The maximum atomic E-state index is 5.12. The first-order valence-electron chi connectivity index (χ1n) is 2.76. The molecule has 0 fully saturated rings. The minimum atomic E-state index is -1.97. The van der Waals surface area contributed by atoms with Gasteiger partial charge in [0.25, 0.3) is 0 Å². The summed E-state index contributed by atoms with van der Waals surface area (Å²) in [6.07, 6.45) is 2.16. The zero-order valence-electron chi connectivity index (χ0n) is 5.28. The summed E-state index contributed by atoms with van der Waals surface area (Å²) in [5.41, 5.74) is 0. The van der Waals surface area contributed by atoms with Gasteiger partial charge in [0, 0.05) is 0 Å². The predicted molar refractivity (Wildman–Crippen MR) is 53.1 cm³/mol. The molecule has 0 spiro atoms. The highest BCUT2D eigenvalue weighted by atomic mass is 33.2. The van der Waals surface area contributed by atoms with Gasteiger partial charge in [0.2, 0.25) is 0 Å². The van der Waals surface area contributed by atoms with E-state index in [1.54, 1.807) is 0 Å². The van der Waals surface area contributed by atoms with Crippen LogP contribution in [0.2, 0.25) is 0 Å². The predicted octanol–water partition coefficient (Wildman–Crippen LogP) is 2.89. The minimum absolute atomic E-state index is 0.695. The Hall–Kier alpha value is 1.31. The molecule has 0 unspecified atom stereocenters. The van der Waals surface area contributed by atoms with Gasteiger partial charge in [-0.15, -0.1) is 24.5 Å². The second-order valence-electron chi connectivity index (χ2n) is 1.68. The molecule has 0 aliphatic rings. The molecule has 0 atom stereocenters. The van der Waals surface area contributed by atoms with Crippen LogP contribution in [-0.2, 0) is 16.3 Å². The van der Waals surface area contributed by atoms with E-state index in [1.807, 2.05) is 0 Å². The van der Waals surface area contributed by atoms with E-state index in [2.05, 4.69) is 31.4 Å². The van der Waals surface area contributed by atoms with Crippen molar-refractivity contribution in [3.8, 4) is 0 Å². The Kier molecular flexibility index (Phi) is 5.76. The third-order valence-electron chi connectivity index (χ3n) is 0.757. The first kappa shape index (κ1) is 10.3. The molecule has 0 heterocycles. The van der Waals surface area contributed by atoms with Gasteiger partial charge in [-0.1, -0.05) is 13.3 Å². The van der Waals surface area contributed by atoms with Crippen LogP contribution in [0.5, 0.6) is 0 Å². The SMILES string of the molecule is CCCCOP(=S)(S)S. The van der Waals surface area contributed by atoms with Crippen LogP contribution in [0.25, 0.3) is 0 Å². The molecular formula is C4H11OPS3. The van der Waals surface area contributed by atoms with Crippen LogP contribution in [-0.4, -0.2) is 6.61 Å². The van der Waals surface area contributed by atoms with Crippen molar-refractivity contribution in [3.63, 3.8) is 0 Å². The Labute approximate surface area is 72.0 Å². The highest BCUT2D eigenvalue weighted by molar-refractivity contribution is 8.90. The number of hydrogen-bond donors (Lipinski definition) is 2. The van der Waals surface area contributed by atoms with Gasteiger partial charge in [-0.05, 0) is 18.2 Å². The summed E-state index contributed by atoms with van der Waals surface area (Å²) < 4.78 is 3.15. The fourth-order valence-corrected chi connectivity index (χ4v) is 1.41. The van der Waals surface area contributed by atoms with Gasteiger partial charge in [-0.2, -0.15) is 0 Å². The lowest BCUT2D eigenvalue weighted by molar-refractivity contribution is 0.355. The lowest BCUT2D eigenvalue weighted by atomic mass is 10.4. The second-order valence-corrected chi connectivity index (χ2v) is 10.4. The van der Waals surface area contributed by atoms with Crippen molar-refractivity contribution in [2.75, 3.05) is 6.61 Å². The normalized spacial score (nSPS) is 11.9. The zero-order chi connectivity index (χ0) is 7.33. The van der Waals surface area contributed by atoms with Crippen molar-refractivity contribution in [2.24, 2.45) is 0 Å². The van der Waals surface area contributed by atoms with E-state index in [0.29, 0.717) is 6.61 Å². The number of hydrogen-bond acceptors (Lipinski definition) is 2. The molecule has 0 radical (unpaired) electrons. The molecule has 0 saturated heterocycles. The van der Waals surface area contributed by atoms with Crippen LogP contribution in [0.3, 0.4) is 0 Å². The molecule has 5 heteroatoms. The fourth-order valence-electron chi connectivity index (χ4n) is 0.328. The van der Waals surface area contributed by atoms with Crippen molar-refractivity contribution in [3.05, 3.63) is 0 Å². The van der Waals surface area contributed by atoms with Gasteiger partial charge < -0.3 is 4.52 Å². The average molecular weight is 202 g/mol. The molecule has 0 amide bonds. The van der Waals surface area contributed by atoms with Gasteiger partial charge >= 0.3 is 0 Å². The average Bonchev–Trinajstić information content (AvgIpc) is 1.63. The van der Waals surface area contributed by atoms with E-state index in [4.69, 9.17) is 16.3 Å². The molecular weight excluding hydrogens is 191 g/mol. The molecule has 1 nitrogen and oxygen atoms in total. The summed E-state index contributed by atoms with van der Waals surface area (Å²) in [6, 6.07) is 0. The lowest BCUT2D eigenvalue weighted by Gasteiger charge is -2.07. The first-order chi connectivity index (χ1) is 4.06. The lowest BCUT2D eigenvalue weighted by Crippen LogP contribution is -1.84. The topological polar surface area (TPSA) is 9.23 Å². The maximum absolute atomic E-state index is 5.12. The molecule has 0 aliphatic carbocycles. The van der Waals surface area contributed by atoms with E-state index in [9.17, 15) is 0 Å². The fraction of sp³-hybridized carbons (Fsp3) is 1.00. The Balaban J connectivity index is 3.18. The van der Waals surface area contributed by atoms with Gasteiger partial charge in [-0.25, -0.2) is 0 Å². The second kappa shape index (κ2) is 5.03. The van der Waals surface area contributed by atoms with Gasteiger partial charge in [0.15, 0.2) is 4.67 Å². The molecule has 0 aromatic heterocycles. The van der Waals surface area contributed by atoms with Gasteiger partial charge in [0.1, 0.15) is 0 Å². The Morgan fingerprint density at radius 3 is 2.44 bits per heavy atom. The van der Waals surface area contributed by atoms with E-state index in [-0.39, 0.29) is 0 Å². The summed E-state index contributed by atoms with van der Waals surface area (Å²) in [4.78, 5) is 0. The zero-order valence-corrected chi connectivity index (χ0v) is 8.78. The minimum Gasteiger partial charge on any atom is -0.334 e. The van der Waals surface area contributed by atoms with E-state index in [0.717, 1.165) is 12.8 Å². The Bertz CT molecular complexity index is 110. The third kappa shape index (κ3) is 9.31. The molecule has 0 N–H and O–H groups in total.